The van der Waals surface area contributed by atoms with Crippen LogP contribution in [0.25, 0.3) is 0 Å². The first-order chi connectivity index (χ1) is 7.52. The van der Waals surface area contributed by atoms with Crippen LogP contribution < -0.4 is 11.1 Å². The number of carbonyl (C=O) groups excluding carboxylic acids is 1. The van der Waals surface area contributed by atoms with E-state index < -0.39 is 11.6 Å². The summed E-state index contributed by atoms with van der Waals surface area (Å²) in [5.41, 5.74) is 5.34. The second-order valence-electron chi connectivity index (χ2n) is 3.72. The van der Waals surface area contributed by atoms with Crippen molar-refractivity contribution < 1.29 is 13.6 Å². The van der Waals surface area contributed by atoms with Gasteiger partial charge in [-0.2, -0.15) is 0 Å². The number of halogens is 2. The van der Waals surface area contributed by atoms with E-state index in [4.69, 9.17) is 5.73 Å². The zero-order chi connectivity index (χ0) is 12.1. The molecule has 0 radical (unpaired) electrons. The summed E-state index contributed by atoms with van der Waals surface area (Å²) >= 11 is 0. The van der Waals surface area contributed by atoms with E-state index >= 15 is 0 Å². The fourth-order valence-corrected chi connectivity index (χ4v) is 1.19. The SMILES string of the molecule is CC(CN)CC(=O)Nc1ccc(F)cc1F. The summed E-state index contributed by atoms with van der Waals surface area (Å²) in [6.07, 6.45) is 0.216. The van der Waals surface area contributed by atoms with Gasteiger partial charge in [0, 0.05) is 12.5 Å². The van der Waals surface area contributed by atoms with Crippen LogP contribution in [-0.2, 0) is 4.79 Å². The van der Waals surface area contributed by atoms with Crippen molar-refractivity contribution in [1.82, 2.24) is 0 Å². The number of rotatable bonds is 4. The lowest BCUT2D eigenvalue weighted by atomic mass is 10.1. The highest BCUT2D eigenvalue weighted by Crippen LogP contribution is 2.15. The number of anilines is 1. The van der Waals surface area contributed by atoms with Crippen molar-refractivity contribution >= 4 is 11.6 Å². The van der Waals surface area contributed by atoms with E-state index in [1.54, 1.807) is 0 Å². The number of nitrogens with one attached hydrogen (secondary N) is 1. The molecule has 3 nitrogen and oxygen atoms in total. The number of hydrogen-bond donors (Lipinski definition) is 2. The lowest BCUT2D eigenvalue weighted by Crippen LogP contribution is -2.20. The van der Waals surface area contributed by atoms with Gasteiger partial charge in [-0.1, -0.05) is 6.92 Å². The van der Waals surface area contributed by atoms with E-state index in [0.717, 1.165) is 12.1 Å². The van der Waals surface area contributed by atoms with Crippen molar-refractivity contribution in [3.05, 3.63) is 29.8 Å². The molecule has 1 amide bonds. The zero-order valence-corrected chi connectivity index (χ0v) is 8.97. The summed E-state index contributed by atoms with van der Waals surface area (Å²) in [6.45, 7) is 2.21. The minimum absolute atomic E-state index is 0.0179. The van der Waals surface area contributed by atoms with Crippen LogP contribution in [0.3, 0.4) is 0 Å². The smallest absolute Gasteiger partial charge is 0.224 e. The van der Waals surface area contributed by atoms with E-state index in [2.05, 4.69) is 5.32 Å². The van der Waals surface area contributed by atoms with Gasteiger partial charge >= 0.3 is 0 Å². The van der Waals surface area contributed by atoms with Gasteiger partial charge in [-0.3, -0.25) is 4.79 Å². The van der Waals surface area contributed by atoms with E-state index in [1.807, 2.05) is 6.92 Å². The fraction of sp³-hybridized carbons (Fsp3) is 0.364. The molecule has 0 aliphatic rings. The highest BCUT2D eigenvalue weighted by atomic mass is 19.1. The third-order valence-corrected chi connectivity index (χ3v) is 2.14. The number of carbonyl (C=O) groups is 1. The lowest BCUT2D eigenvalue weighted by Gasteiger charge is -2.09. The van der Waals surface area contributed by atoms with E-state index in [0.29, 0.717) is 6.54 Å². The molecule has 0 aromatic heterocycles. The second-order valence-corrected chi connectivity index (χ2v) is 3.72. The van der Waals surface area contributed by atoms with Crippen LogP contribution in [0.2, 0.25) is 0 Å². The molecule has 3 N–H and O–H groups in total. The summed E-state index contributed by atoms with van der Waals surface area (Å²) in [7, 11) is 0. The Morgan fingerprint density at radius 3 is 2.75 bits per heavy atom. The lowest BCUT2D eigenvalue weighted by molar-refractivity contribution is -0.116. The monoisotopic (exact) mass is 228 g/mol. The summed E-state index contributed by atoms with van der Waals surface area (Å²) in [5, 5.41) is 2.37. The summed E-state index contributed by atoms with van der Waals surface area (Å²) in [6, 6.07) is 3.00. The second kappa shape index (κ2) is 5.55. The van der Waals surface area contributed by atoms with Crippen molar-refractivity contribution in [3.63, 3.8) is 0 Å². The third kappa shape index (κ3) is 3.58. The molecule has 5 heteroatoms. The molecular weight excluding hydrogens is 214 g/mol. The minimum Gasteiger partial charge on any atom is -0.330 e. The van der Waals surface area contributed by atoms with Gasteiger partial charge in [-0.25, -0.2) is 8.78 Å². The predicted octanol–water partition coefficient (Wildman–Crippen LogP) is 1.89. The maximum absolute atomic E-state index is 13.2. The van der Waals surface area contributed by atoms with Gasteiger partial charge in [0.15, 0.2) is 0 Å². The van der Waals surface area contributed by atoms with Crippen LogP contribution in [0.1, 0.15) is 13.3 Å². The molecule has 0 bridgehead atoms. The number of amides is 1. The molecule has 1 aromatic rings. The summed E-state index contributed by atoms with van der Waals surface area (Å²) in [5.74, 6) is -1.76. The molecule has 1 aromatic carbocycles. The Kier molecular flexibility index (Phi) is 4.37. The van der Waals surface area contributed by atoms with Crippen molar-refractivity contribution in [2.45, 2.75) is 13.3 Å². The molecule has 0 fully saturated rings. The fourth-order valence-electron chi connectivity index (χ4n) is 1.19. The van der Waals surface area contributed by atoms with Crippen molar-refractivity contribution in [2.75, 3.05) is 11.9 Å². The maximum atomic E-state index is 13.2. The Hall–Kier alpha value is -1.49. The normalized spacial score (nSPS) is 12.2. The Morgan fingerprint density at radius 2 is 2.19 bits per heavy atom. The molecule has 0 spiro atoms. The Bertz CT molecular complexity index is 382. The molecule has 1 rings (SSSR count). The molecule has 0 aliphatic heterocycles. The average Bonchev–Trinajstić information content (AvgIpc) is 2.22. The average molecular weight is 228 g/mol. The highest BCUT2D eigenvalue weighted by Gasteiger charge is 2.10. The van der Waals surface area contributed by atoms with Crippen LogP contribution >= 0.6 is 0 Å². The van der Waals surface area contributed by atoms with Crippen LogP contribution in [0.15, 0.2) is 18.2 Å². The molecule has 88 valence electrons. The van der Waals surface area contributed by atoms with Crippen molar-refractivity contribution in [3.8, 4) is 0 Å². The van der Waals surface area contributed by atoms with Crippen LogP contribution in [-0.4, -0.2) is 12.5 Å². The number of benzene rings is 1. The maximum Gasteiger partial charge on any atom is 0.224 e. The van der Waals surface area contributed by atoms with Crippen LogP contribution in [0, 0.1) is 17.6 Å². The van der Waals surface area contributed by atoms with Crippen molar-refractivity contribution in [2.24, 2.45) is 11.7 Å². The molecule has 0 saturated heterocycles. The van der Waals surface area contributed by atoms with Gasteiger partial charge in [0.05, 0.1) is 5.69 Å². The summed E-state index contributed by atoms with van der Waals surface area (Å²) in [4.78, 5) is 11.4. The molecule has 1 unspecified atom stereocenters. The van der Waals surface area contributed by atoms with Gasteiger partial charge < -0.3 is 11.1 Å². The topological polar surface area (TPSA) is 55.1 Å². The molecule has 1 atom stereocenters. The molecule has 16 heavy (non-hydrogen) atoms. The first kappa shape index (κ1) is 12.6. The Morgan fingerprint density at radius 1 is 1.50 bits per heavy atom. The third-order valence-electron chi connectivity index (χ3n) is 2.14. The highest BCUT2D eigenvalue weighted by molar-refractivity contribution is 5.90. The van der Waals surface area contributed by atoms with Gasteiger partial charge in [-0.05, 0) is 24.6 Å². The Labute approximate surface area is 92.6 Å². The van der Waals surface area contributed by atoms with Gasteiger partial charge in [0.1, 0.15) is 11.6 Å². The van der Waals surface area contributed by atoms with Gasteiger partial charge in [-0.15, -0.1) is 0 Å². The molecule has 0 heterocycles. The largest absolute Gasteiger partial charge is 0.330 e. The van der Waals surface area contributed by atoms with Crippen LogP contribution in [0.4, 0.5) is 14.5 Å². The first-order valence-corrected chi connectivity index (χ1v) is 4.98. The molecular formula is C11H14F2N2O. The quantitative estimate of drug-likeness (QED) is 0.826. The van der Waals surface area contributed by atoms with E-state index in [-0.39, 0.29) is 23.9 Å². The van der Waals surface area contributed by atoms with Gasteiger partial charge in [0.25, 0.3) is 0 Å². The number of nitrogens with two attached hydrogens (primary N) is 1. The Balaban J connectivity index is 2.63. The molecule has 0 saturated carbocycles. The predicted molar refractivity (Wildman–Crippen MR) is 57.8 cm³/mol. The first-order valence-electron chi connectivity index (χ1n) is 4.98. The van der Waals surface area contributed by atoms with E-state index in [9.17, 15) is 13.6 Å². The van der Waals surface area contributed by atoms with Crippen LogP contribution in [0.5, 0.6) is 0 Å². The molecule has 0 aliphatic carbocycles. The zero-order valence-electron chi connectivity index (χ0n) is 8.97. The van der Waals surface area contributed by atoms with Crippen molar-refractivity contribution in [1.29, 1.82) is 0 Å². The summed E-state index contributed by atoms with van der Waals surface area (Å²) < 4.78 is 25.7. The van der Waals surface area contributed by atoms with Gasteiger partial charge in [0.2, 0.25) is 5.91 Å². The van der Waals surface area contributed by atoms with E-state index in [1.165, 1.54) is 6.07 Å². The minimum atomic E-state index is -0.784. The standard InChI is InChI=1S/C11H14F2N2O/c1-7(6-14)4-11(16)15-10-3-2-8(12)5-9(10)13/h2-3,5,7H,4,6,14H2,1H3,(H,15,16). The number of hydrogen-bond acceptors (Lipinski definition) is 2.